The summed E-state index contributed by atoms with van der Waals surface area (Å²) in [6, 6.07) is 6.08. The monoisotopic (exact) mass is 235 g/mol. The normalized spacial score (nSPS) is 10.5. The molecule has 0 aliphatic heterocycles. The quantitative estimate of drug-likeness (QED) is 0.887. The van der Waals surface area contributed by atoms with E-state index in [0.717, 1.165) is 5.56 Å². The molecular formula is C12H10FNO3. The Hall–Kier alpha value is -2.17. The highest BCUT2D eigenvalue weighted by molar-refractivity contribution is 5.84. The van der Waals surface area contributed by atoms with E-state index in [1.807, 2.05) is 0 Å². The molecule has 4 nitrogen and oxygen atoms in total. The van der Waals surface area contributed by atoms with Crippen molar-refractivity contribution in [3.8, 4) is 0 Å². The van der Waals surface area contributed by atoms with Crippen molar-refractivity contribution in [3.05, 3.63) is 52.7 Å². The molecule has 2 aromatic rings. The molecule has 0 unspecified atom stereocenters. The number of benzene rings is 1. The van der Waals surface area contributed by atoms with Crippen LogP contribution in [0.25, 0.3) is 0 Å². The Balaban J connectivity index is 2.19. The second-order valence-corrected chi connectivity index (χ2v) is 3.75. The van der Waals surface area contributed by atoms with E-state index >= 15 is 0 Å². The number of carboxylic acids is 1. The molecule has 0 aliphatic carbocycles. The molecule has 0 saturated heterocycles. The van der Waals surface area contributed by atoms with Gasteiger partial charge < -0.3 is 9.63 Å². The predicted molar refractivity (Wildman–Crippen MR) is 57.4 cm³/mol. The van der Waals surface area contributed by atoms with Crippen LogP contribution in [0.1, 0.15) is 27.4 Å². The first-order valence-corrected chi connectivity index (χ1v) is 5.00. The lowest BCUT2D eigenvalue weighted by molar-refractivity contribution is 0.0652. The number of carboxylic acid groups (broad SMARTS) is 1. The van der Waals surface area contributed by atoms with Gasteiger partial charge >= 0.3 is 5.97 Å². The van der Waals surface area contributed by atoms with Gasteiger partial charge in [0.15, 0.2) is 0 Å². The second kappa shape index (κ2) is 4.37. The van der Waals surface area contributed by atoms with E-state index in [9.17, 15) is 9.18 Å². The van der Waals surface area contributed by atoms with E-state index in [2.05, 4.69) is 9.68 Å². The lowest BCUT2D eigenvalue weighted by atomic mass is 10.1. The van der Waals surface area contributed by atoms with Crippen molar-refractivity contribution < 1.29 is 18.8 Å². The van der Waals surface area contributed by atoms with E-state index < -0.39 is 5.97 Å². The van der Waals surface area contributed by atoms with Crippen molar-refractivity contribution >= 4 is 5.97 Å². The topological polar surface area (TPSA) is 63.3 Å². The summed E-state index contributed by atoms with van der Waals surface area (Å²) < 4.78 is 17.7. The zero-order chi connectivity index (χ0) is 12.4. The molecule has 0 spiro atoms. The minimum absolute atomic E-state index is 0.196. The molecule has 0 atom stereocenters. The molecule has 1 aromatic carbocycles. The average molecular weight is 235 g/mol. The minimum atomic E-state index is -1.15. The molecule has 2 rings (SSSR count). The number of halogens is 1. The molecule has 1 N–H and O–H groups in total. The Bertz CT molecular complexity index is 563. The van der Waals surface area contributed by atoms with Crippen LogP contribution in [0, 0.1) is 12.7 Å². The minimum Gasteiger partial charge on any atom is -0.475 e. The maximum absolute atomic E-state index is 13.0. The molecule has 0 saturated carbocycles. The number of aromatic carboxylic acids is 1. The molecular weight excluding hydrogens is 225 g/mol. The van der Waals surface area contributed by atoms with Crippen LogP contribution in [0.2, 0.25) is 0 Å². The van der Waals surface area contributed by atoms with Gasteiger partial charge in [0, 0.05) is 12.5 Å². The smallest absolute Gasteiger partial charge is 0.374 e. The highest BCUT2D eigenvalue weighted by Gasteiger charge is 2.11. The molecule has 1 aromatic heterocycles. The Kier molecular flexibility index (Phi) is 2.91. The van der Waals surface area contributed by atoms with Crippen molar-refractivity contribution in [1.29, 1.82) is 0 Å². The summed E-state index contributed by atoms with van der Waals surface area (Å²) in [5.74, 6) is -1.61. The fraction of sp³-hybridized carbons (Fsp3) is 0.167. The third kappa shape index (κ3) is 2.50. The molecule has 17 heavy (non-hydrogen) atoms. The van der Waals surface area contributed by atoms with Crippen LogP contribution >= 0.6 is 0 Å². The van der Waals surface area contributed by atoms with E-state index in [1.54, 1.807) is 19.1 Å². The number of hydrogen-bond acceptors (Lipinski definition) is 3. The van der Waals surface area contributed by atoms with Gasteiger partial charge in [0.2, 0.25) is 5.76 Å². The maximum Gasteiger partial charge on any atom is 0.374 e. The van der Waals surface area contributed by atoms with Gasteiger partial charge in [-0.15, -0.1) is 0 Å². The van der Waals surface area contributed by atoms with Crippen molar-refractivity contribution in [2.24, 2.45) is 0 Å². The lowest BCUT2D eigenvalue weighted by Gasteiger charge is -2.00. The van der Waals surface area contributed by atoms with Gasteiger partial charge in [0.1, 0.15) is 5.82 Å². The van der Waals surface area contributed by atoms with Crippen molar-refractivity contribution in [1.82, 2.24) is 5.16 Å². The van der Waals surface area contributed by atoms with Gasteiger partial charge in [-0.3, -0.25) is 0 Å². The van der Waals surface area contributed by atoms with E-state index in [0.29, 0.717) is 17.7 Å². The molecule has 0 amide bonds. The van der Waals surface area contributed by atoms with Crippen LogP contribution in [-0.2, 0) is 6.42 Å². The van der Waals surface area contributed by atoms with Gasteiger partial charge in [0.05, 0.1) is 5.69 Å². The summed E-state index contributed by atoms with van der Waals surface area (Å²) in [5.41, 5.74) is 1.91. The number of carbonyl (C=O) groups is 1. The van der Waals surface area contributed by atoms with Gasteiger partial charge in [-0.1, -0.05) is 17.3 Å². The van der Waals surface area contributed by atoms with Gasteiger partial charge in [0.25, 0.3) is 0 Å². The first kappa shape index (κ1) is 11.3. The van der Waals surface area contributed by atoms with Crippen LogP contribution in [-0.4, -0.2) is 16.2 Å². The summed E-state index contributed by atoms with van der Waals surface area (Å²) in [6.45, 7) is 1.67. The number of hydrogen-bond donors (Lipinski definition) is 1. The van der Waals surface area contributed by atoms with Crippen LogP contribution in [0.4, 0.5) is 4.39 Å². The summed E-state index contributed by atoms with van der Waals surface area (Å²) in [4.78, 5) is 10.6. The number of aryl methyl sites for hydroxylation is 1. The average Bonchev–Trinajstić information content (AvgIpc) is 2.72. The van der Waals surface area contributed by atoms with Gasteiger partial charge in [-0.2, -0.15) is 0 Å². The standard InChI is InChI=1S/C12H10FNO3/c1-7-4-8(2-3-10(7)13)5-9-6-11(12(15)16)17-14-9/h2-4,6H,5H2,1H3,(H,15,16). The predicted octanol–water partition coefficient (Wildman–Crippen LogP) is 2.41. The highest BCUT2D eigenvalue weighted by Crippen LogP contribution is 2.14. The Morgan fingerprint density at radius 1 is 1.47 bits per heavy atom. The fourth-order valence-electron chi connectivity index (χ4n) is 1.52. The van der Waals surface area contributed by atoms with Crippen molar-refractivity contribution in [2.75, 3.05) is 0 Å². The van der Waals surface area contributed by atoms with Crippen LogP contribution in [0.15, 0.2) is 28.8 Å². The summed E-state index contributed by atoms with van der Waals surface area (Å²) in [5, 5.41) is 12.3. The number of rotatable bonds is 3. The second-order valence-electron chi connectivity index (χ2n) is 3.75. The first-order valence-electron chi connectivity index (χ1n) is 5.00. The molecule has 0 bridgehead atoms. The summed E-state index contributed by atoms with van der Waals surface area (Å²) in [7, 11) is 0. The third-order valence-corrected chi connectivity index (χ3v) is 2.38. The number of nitrogens with zero attached hydrogens (tertiary/aromatic N) is 1. The molecule has 0 radical (unpaired) electrons. The number of aromatic nitrogens is 1. The highest BCUT2D eigenvalue weighted by atomic mass is 19.1. The fourth-order valence-corrected chi connectivity index (χ4v) is 1.52. The van der Waals surface area contributed by atoms with E-state index in [-0.39, 0.29) is 11.6 Å². The zero-order valence-corrected chi connectivity index (χ0v) is 9.11. The molecule has 0 fully saturated rings. The zero-order valence-electron chi connectivity index (χ0n) is 9.11. The van der Waals surface area contributed by atoms with Crippen LogP contribution < -0.4 is 0 Å². The van der Waals surface area contributed by atoms with E-state index in [1.165, 1.54) is 12.1 Å². The van der Waals surface area contributed by atoms with E-state index in [4.69, 9.17) is 5.11 Å². The van der Waals surface area contributed by atoms with Gasteiger partial charge in [-0.05, 0) is 24.1 Å². The molecule has 1 heterocycles. The molecule has 0 aliphatic rings. The Labute approximate surface area is 96.7 Å². The SMILES string of the molecule is Cc1cc(Cc2cc(C(=O)O)on2)ccc1F. The molecule has 5 heteroatoms. The third-order valence-electron chi connectivity index (χ3n) is 2.38. The lowest BCUT2D eigenvalue weighted by Crippen LogP contribution is -1.93. The largest absolute Gasteiger partial charge is 0.475 e. The van der Waals surface area contributed by atoms with Crippen molar-refractivity contribution in [3.63, 3.8) is 0 Å². The Morgan fingerprint density at radius 2 is 2.24 bits per heavy atom. The van der Waals surface area contributed by atoms with Crippen molar-refractivity contribution in [2.45, 2.75) is 13.3 Å². The molecule has 88 valence electrons. The van der Waals surface area contributed by atoms with Crippen LogP contribution in [0.5, 0.6) is 0 Å². The first-order chi connectivity index (χ1) is 8.06. The maximum atomic E-state index is 13.0. The summed E-state index contributed by atoms with van der Waals surface area (Å²) >= 11 is 0. The van der Waals surface area contributed by atoms with Crippen LogP contribution in [0.3, 0.4) is 0 Å². The van der Waals surface area contributed by atoms with Gasteiger partial charge in [-0.25, -0.2) is 9.18 Å². The Morgan fingerprint density at radius 3 is 2.82 bits per heavy atom. The summed E-state index contributed by atoms with van der Waals surface area (Å²) in [6.07, 6.45) is 0.415.